The normalized spacial score (nSPS) is 20.4. The van der Waals surface area contributed by atoms with Crippen molar-refractivity contribution < 1.29 is 145 Å². The number of Topliss-reactive ketones (excluding diaryl/α,β-unsaturated/α-hetero) is 3. The molecule has 6 fully saturated rings. The summed E-state index contributed by atoms with van der Waals surface area (Å²) in [6.07, 6.45) is 26.0. The highest BCUT2D eigenvalue weighted by Gasteiger charge is 2.39. The molecule has 5 aromatic rings. The van der Waals surface area contributed by atoms with Gasteiger partial charge in [-0.05, 0) is 204 Å². The molecule has 0 amide bonds. The number of carbonyl (C=O) groups is 12. The fourth-order valence-electron chi connectivity index (χ4n) is 16.7. The van der Waals surface area contributed by atoms with Gasteiger partial charge in [-0.2, -0.15) is 0 Å². The van der Waals surface area contributed by atoms with Crippen LogP contribution in [0.25, 0.3) is 28.0 Å². The van der Waals surface area contributed by atoms with Crippen LogP contribution in [0.5, 0.6) is 40.2 Å². The number of rotatable bonds is 13. The highest BCUT2D eigenvalue weighted by Crippen LogP contribution is 2.44. The predicted molar refractivity (Wildman–Crippen MR) is 489 cm³/mol. The van der Waals surface area contributed by atoms with E-state index in [4.69, 9.17) is 41.4 Å². The van der Waals surface area contributed by atoms with Gasteiger partial charge in [0.15, 0.2) is 63.3 Å². The Balaban J connectivity index is 0.000000141. The Labute approximate surface area is 788 Å². The van der Waals surface area contributed by atoms with Gasteiger partial charge in [-0.25, -0.2) is 0 Å². The van der Waals surface area contributed by atoms with E-state index in [0.717, 1.165) is 204 Å². The van der Waals surface area contributed by atoms with Gasteiger partial charge in [0.2, 0.25) is 96.8 Å². The summed E-state index contributed by atoms with van der Waals surface area (Å²) >= 11 is 0. The number of allylic oxidation sites excluding steroid dienone is 23. The largest absolute Gasteiger partial charge is 0.507 e. The standard InChI is InChI=1S/C18H19NO6.C17H17NO5.C16H17NO6.2C16H15NO6.C16H15NO5/c1-23-14-7-11(8-15(24-2)17(14)22)18-16(21)12(20)9-13(25-18)10-3-5-19-6-4-10;1-22-15-8-11(2-3-12(15)19)17-16(21)13(20)9-14(23-17)10-4-6-18-7-5-10;3*18-10-6-12(20)11(19)5-9(10)16-15(22)13(21)7-14(23-16)8-1-3-17-4-2-8;18-11-2-1-10(7-12(11)19)16-15(21)13(20)8-14(22-16)9-3-5-17-6-4-9/h7-10,19H,3-6H2,1-2H3;2-3,8-10,18H,4-7H2,1H3;5-8,17-20,22H,1-4H2;2*5-8,17-18,22H,1-4H2;1-2,7-9,17,21H,3-6H2/b;17-11-;;;;. The van der Waals surface area contributed by atoms with Gasteiger partial charge >= 0.3 is 0 Å². The molecular weight excluding hydrogens is 1820 g/mol. The van der Waals surface area contributed by atoms with Crippen LogP contribution in [0.3, 0.4) is 0 Å². The molecule has 5 aliphatic carbocycles. The molecule has 0 bridgehead atoms. The highest BCUT2D eigenvalue weighted by molar-refractivity contribution is 6.50. The van der Waals surface area contributed by atoms with E-state index >= 15 is 0 Å². The lowest BCUT2D eigenvalue weighted by molar-refractivity contribution is -0.134. The molecule has 13 aliphatic rings. The summed E-state index contributed by atoms with van der Waals surface area (Å²) in [5.41, 5.74) is -1.98. The van der Waals surface area contributed by atoms with E-state index in [1.807, 2.05) is 0 Å². The van der Waals surface area contributed by atoms with Gasteiger partial charge in [-0.1, -0.05) is 0 Å². The molecule has 8 aliphatic heterocycles. The van der Waals surface area contributed by atoms with Crippen molar-refractivity contribution in [3.63, 3.8) is 0 Å². The fraction of sp³-hybridized carbons (Fsp3) is 0.333. The molecule has 0 atom stereocenters. The number of piperidine rings is 6. The first kappa shape index (κ1) is 101. The van der Waals surface area contributed by atoms with Crippen molar-refractivity contribution in [2.24, 2.45) is 11.8 Å². The average molecular weight is 1920 g/mol. The maximum absolute atomic E-state index is 12.3. The molecule has 15 N–H and O–H groups in total. The molecule has 728 valence electrons. The van der Waals surface area contributed by atoms with Crippen molar-refractivity contribution in [2.45, 2.75) is 101 Å². The Hall–Kier alpha value is -15.6. The summed E-state index contributed by atoms with van der Waals surface area (Å²) in [6, 6.07) is 6.97. The Morgan fingerprint density at radius 3 is 0.957 bits per heavy atom. The number of aliphatic hydroxyl groups is 2. The molecule has 1 aromatic carbocycles. The van der Waals surface area contributed by atoms with Crippen LogP contribution in [0.4, 0.5) is 0 Å². The monoisotopic (exact) mass is 1910 g/mol. The number of hydrogen-bond acceptors (Lipinski definition) is 40. The second-order valence-electron chi connectivity index (χ2n) is 33.5. The number of carbonyl (C=O) groups excluding carboxylic acids is 12. The molecule has 0 spiro atoms. The van der Waals surface area contributed by atoms with Crippen molar-refractivity contribution in [1.82, 2.24) is 31.9 Å². The van der Waals surface area contributed by atoms with Crippen LogP contribution in [0, 0.1) is 11.8 Å². The number of phenolic OH excluding ortho intramolecular Hbond substituents is 3. The van der Waals surface area contributed by atoms with Crippen molar-refractivity contribution in [1.29, 1.82) is 0 Å². The number of aliphatic hydroxyl groups excluding tert-OH is 2. The molecule has 0 saturated carbocycles. The molecule has 18 rings (SSSR count). The van der Waals surface area contributed by atoms with Crippen LogP contribution >= 0.6 is 0 Å². The summed E-state index contributed by atoms with van der Waals surface area (Å²) < 4.78 is 49.2. The van der Waals surface area contributed by atoms with Crippen molar-refractivity contribution in [2.75, 3.05) is 99.9 Å². The average Bonchev–Trinajstić information content (AvgIpc) is 0.783. The second-order valence-corrected chi connectivity index (χ2v) is 33.5. The number of ether oxygens (including phenoxy) is 5. The topological polar surface area (TPSA) is 626 Å². The Morgan fingerprint density at radius 1 is 0.273 bits per heavy atom. The van der Waals surface area contributed by atoms with Gasteiger partial charge in [0.25, 0.3) is 17.3 Å². The Morgan fingerprint density at radius 2 is 0.583 bits per heavy atom. The van der Waals surface area contributed by atoms with Crippen LogP contribution in [0.1, 0.15) is 141 Å². The third-order valence-electron chi connectivity index (χ3n) is 24.4. The van der Waals surface area contributed by atoms with Gasteiger partial charge in [-0.15, -0.1) is 0 Å². The summed E-state index contributed by atoms with van der Waals surface area (Å²) in [5, 5.41) is 108. The predicted octanol–water partition coefficient (Wildman–Crippen LogP) is 5.98. The zero-order chi connectivity index (χ0) is 99.7. The van der Waals surface area contributed by atoms with Crippen molar-refractivity contribution in [3.05, 3.63) is 266 Å². The molecule has 0 unspecified atom stereocenters. The molecule has 4 aromatic heterocycles. The van der Waals surface area contributed by atoms with E-state index in [0.29, 0.717) is 40.1 Å². The lowest BCUT2D eigenvalue weighted by Crippen LogP contribution is -2.32. The maximum Gasteiger partial charge on any atom is 0.268 e. The molecule has 0 radical (unpaired) electrons. The number of ketones is 12. The third-order valence-corrected chi connectivity index (χ3v) is 24.4. The second kappa shape index (κ2) is 45.4. The van der Waals surface area contributed by atoms with E-state index in [-0.39, 0.29) is 121 Å². The lowest BCUT2D eigenvalue weighted by atomic mass is 9.92. The summed E-state index contributed by atoms with van der Waals surface area (Å²) in [5.74, 6) is -11.0. The van der Waals surface area contributed by atoms with Crippen molar-refractivity contribution in [3.8, 4) is 51.6 Å². The minimum absolute atomic E-state index is 0.0101. The number of hydrogen-bond donors (Lipinski definition) is 15. The first-order valence-electron chi connectivity index (χ1n) is 44.5. The fourth-order valence-corrected chi connectivity index (χ4v) is 16.7. The number of nitrogens with one attached hydrogen (secondary N) is 6. The number of benzene rings is 1. The lowest BCUT2D eigenvalue weighted by Gasteiger charge is -2.28. The smallest absolute Gasteiger partial charge is 0.268 e. The van der Waals surface area contributed by atoms with E-state index in [1.54, 1.807) is 0 Å². The number of phenols is 3. The number of methoxy groups -OCH3 is 3. The highest BCUT2D eigenvalue weighted by atomic mass is 16.5. The zero-order valence-electron chi connectivity index (χ0n) is 75.2. The summed E-state index contributed by atoms with van der Waals surface area (Å²) in [7, 11) is 4.07. The molecule has 139 heavy (non-hydrogen) atoms. The van der Waals surface area contributed by atoms with Crippen LogP contribution in [-0.4, -0.2) is 215 Å². The van der Waals surface area contributed by atoms with E-state index in [2.05, 4.69) is 31.9 Å². The van der Waals surface area contributed by atoms with Gasteiger partial charge in [0, 0.05) is 125 Å². The van der Waals surface area contributed by atoms with Crippen LogP contribution in [-0.2, 0) is 81.2 Å². The van der Waals surface area contributed by atoms with Gasteiger partial charge in [0.05, 0.1) is 38.0 Å². The quantitative estimate of drug-likeness (QED) is 0.0212. The first-order valence-corrected chi connectivity index (χ1v) is 44.5. The minimum Gasteiger partial charge on any atom is -0.507 e. The maximum atomic E-state index is 12.3. The van der Waals surface area contributed by atoms with E-state index in [1.165, 1.54) is 94.2 Å². The summed E-state index contributed by atoms with van der Waals surface area (Å²) in [6.45, 7) is 9.76. The zero-order valence-corrected chi connectivity index (χ0v) is 75.2. The third kappa shape index (κ3) is 23.9. The van der Waals surface area contributed by atoms with Gasteiger partial charge in [-0.3, -0.25) is 76.7 Å². The SMILES string of the molecule is COC1=C/C(=C2\OC(C3CCNCC3)=CC(=O)C2=O)C=CC1=O.COC1=CC(=C2OC(C3CCNCC3)=CC(=O)C2=O)C=C(OC)C1=O.O=C1C=C(O)C(c2oc(C3CCNCC3)cc(=O)c2O)=CC1=O.O=C1C=C(O)C(c2oc(C3CCNCC3)cc(=O)c2O)=CC1=O.O=C1C=CC(c2oc(C3CCNCC3)cc(=O)c2O)=CC1=O.O=c1cc(C2CCNCC2)oc(-c2cc(O)c(O)cc2O)c1O. The number of aromatic hydroxyl groups is 7. The van der Waals surface area contributed by atoms with Crippen molar-refractivity contribution >= 4 is 86.1 Å². The molecule has 40 heteroatoms. The Kier molecular flexibility index (Phi) is 32.9. The molecule has 12 heterocycles. The van der Waals surface area contributed by atoms with Gasteiger partial charge in [0.1, 0.15) is 51.8 Å². The van der Waals surface area contributed by atoms with Crippen LogP contribution in [0.2, 0.25) is 0 Å². The molecule has 6 saturated heterocycles. The first-order chi connectivity index (χ1) is 66.6. The Bertz CT molecular complexity index is 6430. The van der Waals surface area contributed by atoms with Crippen LogP contribution in [0.15, 0.2) is 221 Å². The van der Waals surface area contributed by atoms with Crippen LogP contribution < -0.4 is 53.6 Å². The molecule has 40 nitrogen and oxygen atoms in total. The van der Waals surface area contributed by atoms with E-state index in [9.17, 15) is 123 Å². The van der Waals surface area contributed by atoms with Gasteiger partial charge < -0.3 is 119 Å². The minimum atomic E-state index is -0.873. The summed E-state index contributed by atoms with van der Waals surface area (Å²) in [4.78, 5) is 188. The molecular formula is C99H98N6O34. The van der Waals surface area contributed by atoms with E-state index < -0.39 is 137 Å².